The Labute approximate surface area is 88.1 Å². The van der Waals surface area contributed by atoms with Gasteiger partial charge in [-0.2, -0.15) is 0 Å². The Balaban J connectivity index is 1.86. The first-order valence-corrected chi connectivity index (χ1v) is 6.13. The van der Waals surface area contributed by atoms with Crippen molar-refractivity contribution >= 4 is 0 Å². The molecule has 2 saturated heterocycles. The molecule has 0 aliphatic carbocycles. The maximum absolute atomic E-state index is 3.47. The summed E-state index contributed by atoms with van der Waals surface area (Å²) >= 11 is 0. The third-order valence-corrected chi connectivity index (χ3v) is 3.80. The van der Waals surface area contributed by atoms with Gasteiger partial charge in [0.05, 0.1) is 0 Å². The Hall–Kier alpha value is -0.0800. The minimum absolute atomic E-state index is 0.695. The van der Waals surface area contributed by atoms with Crippen molar-refractivity contribution in [3.05, 3.63) is 0 Å². The van der Waals surface area contributed by atoms with Crippen LogP contribution in [0.25, 0.3) is 0 Å². The van der Waals surface area contributed by atoms with E-state index in [0.29, 0.717) is 5.41 Å². The second-order valence-corrected chi connectivity index (χ2v) is 5.63. The topological polar surface area (TPSA) is 15.3 Å². The zero-order valence-electron chi connectivity index (χ0n) is 9.68. The summed E-state index contributed by atoms with van der Waals surface area (Å²) in [6.45, 7) is 11.2. The predicted molar refractivity (Wildman–Crippen MR) is 60.4 cm³/mol. The first-order chi connectivity index (χ1) is 6.70. The van der Waals surface area contributed by atoms with E-state index in [4.69, 9.17) is 0 Å². The summed E-state index contributed by atoms with van der Waals surface area (Å²) < 4.78 is 0. The quantitative estimate of drug-likeness (QED) is 0.723. The second-order valence-electron chi connectivity index (χ2n) is 5.63. The predicted octanol–water partition coefficient (Wildman–Crippen LogP) is 1.72. The Morgan fingerprint density at radius 1 is 1.21 bits per heavy atom. The number of piperidine rings is 1. The number of nitrogens with zero attached hydrogens (tertiary/aromatic N) is 1. The molecule has 0 unspecified atom stereocenters. The van der Waals surface area contributed by atoms with Crippen molar-refractivity contribution in [3.8, 4) is 0 Å². The molecule has 0 bridgehead atoms. The van der Waals surface area contributed by atoms with Gasteiger partial charge in [0.25, 0.3) is 0 Å². The number of likely N-dealkylation sites (tertiary alicyclic amines) is 1. The molecule has 2 rings (SSSR count). The van der Waals surface area contributed by atoms with Crippen LogP contribution in [0.4, 0.5) is 0 Å². The monoisotopic (exact) mass is 196 g/mol. The van der Waals surface area contributed by atoms with E-state index in [1.807, 2.05) is 0 Å². The van der Waals surface area contributed by atoms with Crippen molar-refractivity contribution in [1.29, 1.82) is 0 Å². The third kappa shape index (κ3) is 2.29. The molecule has 2 heterocycles. The molecule has 2 nitrogen and oxygen atoms in total. The van der Waals surface area contributed by atoms with Gasteiger partial charge >= 0.3 is 0 Å². The van der Waals surface area contributed by atoms with Gasteiger partial charge < -0.3 is 10.2 Å². The van der Waals surface area contributed by atoms with Gasteiger partial charge in [0.15, 0.2) is 0 Å². The Kier molecular flexibility index (Phi) is 3.13. The highest BCUT2D eigenvalue weighted by Gasteiger charge is 2.38. The molecule has 14 heavy (non-hydrogen) atoms. The molecule has 82 valence electrons. The number of hydrogen-bond donors (Lipinski definition) is 1. The molecule has 1 N–H and O–H groups in total. The van der Waals surface area contributed by atoms with Gasteiger partial charge in [-0.1, -0.05) is 13.8 Å². The molecule has 0 aromatic carbocycles. The largest absolute Gasteiger partial charge is 0.317 e. The van der Waals surface area contributed by atoms with Gasteiger partial charge in [0, 0.05) is 13.1 Å². The molecule has 0 saturated carbocycles. The summed E-state index contributed by atoms with van der Waals surface area (Å²) in [5.74, 6) is 0.826. The summed E-state index contributed by atoms with van der Waals surface area (Å²) in [6, 6.07) is 0. The molecule has 0 aromatic rings. The van der Waals surface area contributed by atoms with E-state index in [1.54, 1.807) is 0 Å². The van der Waals surface area contributed by atoms with E-state index >= 15 is 0 Å². The van der Waals surface area contributed by atoms with Gasteiger partial charge in [-0.25, -0.2) is 0 Å². The van der Waals surface area contributed by atoms with Crippen molar-refractivity contribution in [2.24, 2.45) is 11.3 Å². The zero-order valence-corrected chi connectivity index (χ0v) is 9.68. The van der Waals surface area contributed by atoms with Crippen LogP contribution in [0.5, 0.6) is 0 Å². The van der Waals surface area contributed by atoms with E-state index in [2.05, 4.69) is 24.1 Å². The standard InChI is InChI=1S/C12H24N2/c1-11(2)9-14-8-5-12(10-14)3-6-13-7-4-12/h11,13H,3-10H2,1-2H3. The molecule has 2 fully saturated rings. The minimum Gasteiger partial charge on any atom is -0.317 e. The maximum Gasteiger partial charge on any atom is 0.00395 e. The second kappa shape index (κ2) is 4.19. The van der Waals surface area contributed by atoms with Crippen LogP contribution in [-0.4, -0.2) is 37.6 Å². The molecular formula is C12H24N2. The van der Waals surface area contributed by atoms with Crippen LogP contribution < -0.4 is 5.32 Å². The average molecular weight is 196 g/mol. The van der Waals surface area contributed by atoms with Crippen LogP contribution in [0.15, 0.2) is 0 Å². The van der Waals surface area contributed by atoms with Gasteiger partial charge in [0.2, 0.25) is 0 Å². The molecule has 0 amide bonds. The molecule has 2 heteroatoms. The maximum atomic E-state index is 3.47. The summed E-state index contributed by atoms with van der Waals surface area (Å²) in [5, 5.41) is 3.47. The average Bonchev–Trinajstić information content (AvgIpc) is 2.49. The van der Waals surface area contributed by atoms with Gasteiger partial charge in [-0.15, -0.1) is 0 Å². The van der Waals surface area contributed by atoms with Crippen molar-refractivity contribution in [1.82, 2.24) is 10.2 Å². The fourth-order valence-corrected chi connectivity index (χ4v) is 3.07. The van der Waals surface area contributed by atoms with Crippen LogP contribution in [0, 0.1) is 11.3 Å². The minimum atomic E-state index is 0.695. The first kappa shape index (κ1) is 10.4. The number of hydrogen-bond acceptors (Lipinski definition) is 2. The van der Waals surface area contributed by atoms with E-state index in [9.17, 15) is 0 Å². The number of nitrogens with one attached hydrogen (secondary N) is 1. The van der Waals surface area contributed by atoms with Crippen LogP contribution in [0.1, 0.15) is 33.1 Å². The number of rotatable bonds is 2. The van der Waals surface area contributed by atoms with Crippen LogP contribution >= 0.6 is 0 Å². The lowest BCUT2D eigenvalue weighted by atomic mass is 9.78. The van der Waals surface area contributed by atoms with Crippen molar-refractivity contribution in [3.63, 3.8) is 0 Å². The van der Waals surface area contributed by atoms with Gasteiger partial charge in [-0.3, -0.25) is 0 Å². The normalized spacial score (nSPS) is 27.6. The Bertz CT molecular complexity index is 183. The van der Waals surface area contributed by atoms with E-state index in [1.165, 1.54) is 52.0 Å². The molecule has 2 aliphatic heterocycles. The van der Waals surface area contributed by atoms with E-state index in [0.717, 1.165) is 5.92 Å². The molecular weight excluding hydrogens is 172 g/mol. The summed E-state index contributed by atoms with van der Waals surface area (Å²) in [6.07, 6.45) is 4.25. The summed E-state index contributed by atoms with van der Waals surface area (Å²) in [7, 11) is 0. The van der Waals surface area contributed by atoms with Crippen molar-refractivity contribution in [2.75, 3.05) is 32.7 Å². The summed E-state index contributed by atoms with van der Waals surface area (Å²) in [4.78, 5) is 2.68. The Morgan fingerprint density at radius 2 is 1.93 bits per heavy atom. The first-order valence-electron chi connectivity index (χ1n) is 6.13. The zero-order chi connectivity index (χ0) is 10.0. The fraction of sp³-hybridized carbons (Fsp3) is 1.00. The lowest BCUT2D eigenvalue weighted by molar-refractivity contribution is 0.189. The smallest absolute Gasteiger partial charge is 0.00395 e. The highest BCUT2D eigenvalue weighted by atomic mass is 15.2. The van der Waals surface area contributed by atoms with Gasteiger partial charge in [0.1, 0.15) is 0 Å². The van der Waals surface area contributed by atoms with Crippen molar-refractivity contribution < 1.29 is 0 Å². The molecule has 0 aromatic heterocycles. The highest BCUT2D eigenvalue weighted by molar-refractivity contribution is 4.93. The SMILES string of the molecule is CC(C)CN1CCC2(CCNCC2)C1. The van der Waals surface area contributed by atoms with Crippen molar-refractivity contribution in [2.45, 2.75) is 33.1 Å². The molecule has 0 radical (unpaired) electrons. The van der Waals surface area contributed by atoms with Crippen LogP contribution in [0.3, 0.4) is 0 Å². The van der Waals surface area contributed by atoms with E-state index in [-0.39, 0.29) is 0 Å². The third-order valence-electron chi connectivity index (χ3n) is 3.80. The fourth-order valence-electron chi connectivity index (χ4n) is 3.07. The van der Waals surface area contributed by atoms with Gasteiger partial charge in [-0.05, 0) is 50.2 Å². The molecule has 2 aliphatic rings. The molecule has 0 atom stereocenters. The molecule has 1 spiro atoms. The van der Waals surface area contributed by atoms with Crippen LogP contribution in [-0.2, 0) is 0 Å². The lowest BCUT2D eigenvalue weighted by Gasteiger charge is -2.34. The van der Waals surface area contributed by atoms with Crippen LogP contribution in [0.2, 0.25) is 0 Å². The Morgan fingerprint density at radius 3 is 2.57 bits per heavy atom. The summed E-state index contributed by atoms with van der Waals surface area (Å²) in [5.41, 5.74) is 0.695. The van der Waals surface area contributed by atoms with E-state index < -0.39 is 0 Å². The lowest BCUT2D eigenvalue weighted by Crippen LogP contribution is -2.39. The highest BCUT2D eigenvalue weighted by Crippen LogP contribution is 2.38.